The summed E-state index contributed by atoms with van der Waals surface area (Å²) in [7, 11) is 0. The minimum Gasteiger partial charge on any atom is -0.480 e. The normalized spacial score (nSPS) is 10.3. The highest BCUT2D eigenvalue weighted by Gasteiger charge is 1.95. The van der Waals surface area contributed by atoms with Crippen LogP contribution in [0.3, 0.4) is 0 Å². The fraction of sp³-hybridized carbons (Fsp3) is 0.833. The molecular weight excluding hydrogens is 150 g/mol. The first kappa shape index (κ1) is 9.78. The van der Waals surface area contributed by atoms with Gasteiger partial charge in [0.2, 0.25) is 0 Å². The van der Waals surface area contributed by atoms with E-state index >= 15 is 0 Å². The molecule has 0 aliphatic carbocycles. The van der Waals surface area contributed by atoms with E-state index < -0.39 is 5.97 Å². The zero-order valence-electron chi connectivity index (χ0n) is 6.26. The number of nitrogens with one attached hydrogen (secondary N) is 1. The van der Waals surface area contributed by atoms with Gasteiger partial charge in [0.25, 0.3) is 0 Å². The number of thioether (sulfide) groups is 1. The average Bonchev–Trinajstić information content (AvgIpc) is 1.79. The van der Waals surface area contributed by atoms with Crippen LogP contribution in [0.25, 0.3) is 0 Å². The van der Waals surface area contributed by atoms with Crippen molar-refractivity contribution < 1.29 is 9.90 Å². The molecule has 0 aromatic rings. The molecule has 0 aliphatic rings. The van der Waals surface area contributed by atoms with Gasteiger partial charge in [-0.15, -0.1) is 11.8 Å². The van der Waals surface area contributed by atoms with Gasteiger partial charge in [0.05, 0.1) is 6.54 Å². The summed E-state index contributed by atoms with van der Waals surface area (Å²) in [6.07, 6.45) is 0. The summed E-state index contributed by atoms with van der Waals surface area (Å²) in [4.78, 5) is 9.97. The van der Waals surface area contributed by atoms with Crippen LogP contribution in [0.4, 0.5) is 0 Å². The van der Waals surface area contributed by atoms with Crippen LogP contribution in [-0.2, 0) is 4.79 Å². The highest BCUT2D eigenvalue weighted by molar-refractivity contribution is 7.99. The Balaban J connectivity index is 2.98. The summed E-state index contributed by atoms with van der Waals surface area (Å²) in [6, 6.07) is 0. The number of carbonyl (C=O) groups is 1. The third-order valence-electron chi connectivity index (χ3n) is 0.795. The summed E-state index contributed by atoms with van der Waals surface area (Å²) < 4.78 is 0. The number of rotatable bonds is 5. The van der Waals surface area contributed by atoms with E-state index in [0.717, 1.165) is 0 Å². The van der Waals surface area contributed by atoms with Crippen molar-refractivity contribution in [1.29, 1.82) is 0 Å². The van der Waals surface area contributed by atoms with Crippen molar-refractivity contribution in [3.8, 4) is 0 Å². The third-order valence-corrected chi connectivity index (χ3v) is 1.83. The van der Waals surface area contributed by atoms with Crippen molar-refractivity contribution in [2.45, 2.75) is 19.1 Å². The molecule has 2 N–H and O–H groups in total. The molecule has 0 aliphatic heterocycles. The van der Waals surface area contributed by atoms with Crippen molar-refractivity contribution in [2.75, 3.05) is 12.4 Å². The van der Waals surface area contributed by atoms with Crippen molar-refractivity contribution in [2.24, 2.45) is 0 Å². The molecular formula is C6H13NO2S. The monoisotopic (exact) mass is 163 g/mol. The van der Waals surface area contributed by atoms with Crippen LogP contribution in [0.2, 0.25) is 0 Å². The van der Waals surface area contributed by atoms with Crippen molar-refractivity contribution >= 4 is 17.7 Å². The quantitative estimate of drug-likeness (QED) is 0.464. The predicted octanol–water partition coefficient (Wildman–Crippen LogP) is 0.760. The van der Waals surface area contributed by atoms with Gasteiger partial charge in [-0.2, -0.15) is 0 Å². The second-order valence-corrected chi connectivity index (χ2v) is 3.75. The Kier molecular flexibility index (Phi) is 5.43. The van der Waals surface area contributed by atoms with Crippen molar-refractivity contribution in [3.63, 3.8) is 0 Å². The van der Waals surface area contributed by atoms with E-state index in [1.165, 1.54) is 0 Å². The van der Waals surface area contributed by atoms with Crippen LogP contribution in [0, 0.1) is 0 Å². The molecule has 0 radical (unpaired) electrons. The molecule has 0 spiro atoms. The van der Waals surface area contributed by atoms with Crippen LogP contribution in [0.15, 0.2) is 0 Å². The van der Waals surface area contributed by atoms with Gasteiger partial charge in [-0.05, 0) is 0 Å². The number of hydrogen-bond donors (Lipinski definition) is 2. The molecule has 0 atom stereocenters. The molecule has 4 heteroatoms. The maximum Gasteiger partial charge on any atom is 0.317 e. The Bertz CT molecular complexity index is 106. The summed E-state index contributed by atoms with van der Waals surface area (Å²) >= 11 is 1.70. The number of carboxylic acids is 1. The van der Waals surface area contributed by atoms with Gasteiger partial charge in [-0.3, -0.25) is 10.1 Å². The fourth-order valence-electron chi connectivity index (χ4n) is 0.384. The van der Waals surface area contributed by atoms with Crippen LogP contribution in [0.5, 0.6) is 0 Å². The van der Waals surface area contributed by atoms with Crippen molar-refractivity contribution in [3.05, 3.63) is 0 Å². The standard InChI is InChI=1S/C6H13NO2S/c1-5(2)10-4-7-3-6(8)9/h5,7H,3-4H2,1-2H3,(H,8,9). The molecule has 3 nitrogen and oxygen atoms in total. The first-order chi connectivity index (χ1) is 4.63. The predicted molar refractivity (Wildman–Crippen MR) is 43.2 cm³/mol. The highest BCUT2D eigenvalue weighted by Crippen LogP contribution is 2.05. The molecule has 0 saturated heterocycles. The highest BCUT2D eigenvalue weighted by atomic mass is 32.2. The van der Waals surface area contributed by atoms with Gasteiger partial charge in [-0.25, -0.2) is 0 Å². The molecule has 0 fully saturated rings. The molecule has 0 aromatic heterocycles. The summed E-state index contributed by atoms with van der Waals surface area (Å²) in [5.74, 6) is -0.0893. The van der Waals surface area contributed by atoms with Gasteiger partial charge >= 0.3 is 5.97 Å². The maximum atomic E-state index is 9.97. The lowest BCUT2D eigenvalue weighted by Gasteiger charge is -2.03. The Labute approximate surface area is 65.2 Å². The van der Waals surface area contributed by atoms with Crippen LogP contribution < -0.4 is 5.32 Å². The summed E-state index contributed by atoms with van der Waals surface area (Å²) in [6.45, 7) is 4.21. The lowest BCUT2D eigenvalue weighted by molar-refractivity contribution is -0.135. The second kappa shape index (κ2) is 5.56. The first-order valence-corrected chi connectivity index (χ1v) is 4.22. The van der Waals surface area contributed by atoms with Gasteiger partial charge in [0.15, 0.2) is 0 Å². The lowest BCUT2D eigenvalue weighted by Crippen LogP contribution is -2.22. The van der Waals surface area contributed by atoms with Gasteiger partial charge in [0, 0.05) is 11.1 Å². The fourth-order valence-corrected chi connectivity index (χ4v) is 0.937. The van der Waals surface area contributed by atoms with Crippen LogP contribution in [-0.4, -0.2) is 28.7 Å². The molecule has 0 bridgehead atoms. The molecule has 10 heavy (non-hydrogen) atoms. The van der Waals surface area contributed by atoms with E-state index in [2.05, 4.69) is 19.2 Å². The number of aliphatic carboxylic acids is 1. The van der Waals surface area contributed by atoms with Gasteiger partial charge in [-0.1, -0.05) is 13.8 Å². The average molecular weight is 163 g/mol. The van der Waals surface area contributed by atoms with E-state index in [4.69, 9.17) is 5.11 Å². The molecule has 0 amide bonds. The molecule has 0 unspecified atom stereocenters. The zero-order valence-corrected chi connectivity index (χ0v) is 7.07. The Morgan fingerprint density at radius 2 is 2.30 bits per heavy atom. The topological polar surface area (TPSA) is 49.3 Å². The molecule has 60 valence electrons. The van der Waals surface area contributed by atoms with E-state index in [1.54, 1.807) is 11.8 Å². The summed E-state index contributed by atoms with van der Waals surface area (Å²) in [5, 5.41) is 11.5. The first-order valence-electron chi connectivity index (χ1n) is 3.17. The Morgan fingerprint density at radius 1 is 1.70 bits per heavy atom. The maximum absolute atomic E-state index is 9.97. The van der Waals surface area contributed by atoms with Gasteiger partial charge in [0.1, 0.15) is 0 Å². The molecule has 0 heterocycles. The third kappa shape index (κ3) is 7.78. The van der Waals surface area contributed by atoms with Crippen molar-refractivity contribution in [1.82, 2.24) is 5.32 Å². The SMILES string of the molecule is CC(C)SCNCC(=O)O. The second-order valence-electron chi connectivity index (χ2n) is 2.18. The van der Waals surface area contributed by atoms with E-state index in [9.17, 15) is 4.79 Å². The van der Waals surface area contributed by atoms with E-state index in [1.807, 2.05) is 0 Å². The van der Waals surface area contributed by atoms with Crippen LogP contribution in [0.1, 0.15) is 13.8 Å². The molecule has 0 rings (SSSR count). The zero-order chi connectivity index (χ0) is 7.98. The lowest BCUT2D eigenvalue weighted by atomic mass is 10.6. The number of hydrogen-bond acceptors (Lipinski definition) is 3. The van der Waals surface area contributed by atoms with E-state index in [0.29, 0.717) is 11.1 Å². The Hall–Kier alpha value is -0.220. The molecule has 0 saturated carbocycles. The Morgan fingerprint density at radius 3 is 2.70 bits per heavy atom. The summed E-state index contributed by atoms with van der Waals surface area (Å²) in [5.41, 5.74) is 0. The van der Waals surface area contributed by atoms with Crippen LogP contribution >= 0.6 is 11.8 Å². The minimum absolute atomic E-state index is 0.0553. The smallest absolute Gasteiger partial charge is 0.317 e. The molecule has 0 aromatic carbocycles. The largest absolute Gasteiger partial charge is 0.480 e. The van der Waals surface area contributed by atoms with Gasteiger partial charge < -0.3 is 5.11 Å². The van der Waals surface area contributed by atoms with E-state index in [-0.39, 0.29) is 6.54 Å². The number of carboxylic acid groups (broad SMARTS) is 1. The minimum atomic E-state index is -0.802.